The first-order valence-corrected chi connectivity index (χ1v) is 10.9. The summed E-state index contributed by atoms with van der Waals surface area (Å²) < 4.78 is 11.5. The molecule has 7 nitrogen and oxygen atoms in total. The van der Waals surface area contributed by atoms with E-state index in [9.17, 15) is 4.79 Å². The monoisotopic (exact) mass is 452 g/mol. The number of anilines is 1. The number of hydrogen-bond acceptors (Lipinski definition) is 6. The van der Waals surface area contributed by atoms with Gasteiger partial charge in [0.1, 0.15) is 23.6 Å². The van der Waals surface area contributed by atoms with E-state index in [1.165, 1.54) is 6.33 Å². The summed E-state index contributed by atoms with van der Waals surface area (Å²) in [5, 5.41) is 0.522. The highest BCUT2D eigenvalue weighted by Crippen LogP contribution is 2.30. The molecule has 4 rings (SSSR count). The Labute approximate surface area is 192 Å². The molecule has 3 aromatic rings. The van der Waals surface area contributed by atoms with Crippen LogP contribution >= 0.6 is 11.6 Å². The zero-order valence-electron chi connectivity index (χ0n) is 18.1. The van der Waals surface area contributed by atoms with Crippen LogP contribution in [-0.2, 0) is 4.79 Å². The molecular weight excluding hydrogens is 428 g/mol. The van der Waals surface area contributed by atoms with Crippen molar-refractivity contribution in [2.24, 2.45) is 0 Å². The number of aryl methyl sites for hydroxylation is 1. The van der Waals surface area contributed by atoms with E-state index in [2.05, 4.69) is 14.9 Å². The van der Waals surface area contributed by atoms with Crippen LogP contribution in [0.2, 0.25) is 5.02 Å². The van der Waals surface area contributed by atoms with Gasteiger partial charge in [0, 0.05) is 31.7 Å². The van der Waals surface area contributed by atoms with Crippen molar-refractivity contribution in [2.45, 2.75) is 19.9 Å². The third-order valence-electron chi connectivity index (χ3n) is 5.31. The number of nitrogens with zero attached hydrogens (tertiary/aromatic N) is 4. The maximum atomic E-state index is 12.7. The number of piperazine rings is 1. The van der Waals surface area contributed by atoms with E-state index >= 15 is 0 Å². The highest BCUT2D eigenvalue weighted by Gasteiger charge is 2.28. The fourth-order valence-corrected chi connectivity index (χ4v) is 3.80. The van der Waals surface area contributed by atoms with Gasteiger partial charge in [-0.25, -0.2) is 9.97 Å². The predicted octanol–water partition coefficient (Wildman–Crippen LogP) is 4.35. The number of amides is 1. The summed E-state index contributed by atoms with van der Waals surface area (Å²) in [6, 6.07) is 16.8. The number of carbonyl (C=O) groups is 1. The second kappa shape index (κ2) is 9.87. The van der Waals surface area contributed by atoms with Gasteiger partial charge in [-0.05, 0) is 43.7 Å². The predicted molar refractivity (Wildman–Crippen MR) is 124 cm³/mol. The molecule has 0 unspecified atom stereocenters. The van der Waals surface area contributed by atoms with Crippen LogP contribution in [0.25, 0.3) is 0 Å². The average Bonchev–Trinajstić information content (AvgIpc) is 2.81. The van der Waals surface area contributed by atoms with Crippen LogP contribution < -0.4 is 14.4 Å². The number of para-hydroxylation sites is 1. The first-order valence-electron chi connectivity index (χ1n) is 10.5. The van der Waals surface area contributed by atoms with Crippen molar-refractivity contribution in [1.29, 1.82) is 0 Å². The number of aromatic nitrogens is 2. The van der Waals surface area contributed by atoms with E-state index in [4.69, 9.17) is 21.1 Å². The van der Waals surface area contributed by atoms with Crippen molar-refractivity contribution in [1.82, 2.24) is 14.9 Å². The van der Waals surface area contributed by atoms with Crippen LogP contribution in [0.15, 0.2) is 60.9 Å². The molecule has 1 aromatic heterocycles. The number of carbonyl (C=O) groups excluding carboxylic acids is 1. The lowest BCUT2D eigenvalue weighted by molar-refractivity contribution is -0.135. The summed E-state index contributed by atoms with van der Waals surface area (Å²) in [5.41, 5.74) is 1.05. The van der Waals surface area contributed by atoms with Crippen molar-refractivity contribution in [2.75, 3.05) is 31.1 Å². The van der Waals surface area contributed by atoms with Crippen LogP contribution in [0, 0.1) is 6.92 Å². The molecule has 1 saturated heterocycles. The van der Waals surface area contributed by atoms with Gasteiger partial charge in [0.25, 0.3) is 5.91 Å². The Hall–Kier alpha value is -3.32. The second-order valence-electron chi connectivity index (χ2n) is 7.73. The van der Waals surface area contributed by atoms with Crippen molar-refractivity contribution in [3.63, 3.8) is 0 Å². The first-order chi connectivity index (χ1) is 15.5. The molecule has 0 N–H and O–H groups in total. The number of halogens is 1. The SMILES string of the molecule is Cc1ccc(Cl)c(Oc2cc(N3CCN(C(=O)COc4ccccc4)[C@H](C)C3)ncn2)c1. The maximum Gasteiger partial charge on any atom is 0.260 e. The fourth-order valence-electron chi connectivity index (χ4n) is 3.64. The molecule has 8 heteroatoms. The summed E-state index contributed by atoms with van der Waals surface area (Å²) in [5.74, 6) is 2.39. The quantitative estimate of drug-likeness (QED) is 0.554. The van der Waals surface area contributed by atoms with Crippen molar-refractivity contribution < 1.29 is 14.3 Å². The molecule has 166 valence electrons. The summed E-state index contributed by atoms with van der Waals surface area (Å²) >= 11 is 6.24. The molecule has 1 aliphatic rings. The minimum Gasteiger partial charge on any atom is -0.484 e. The van der Waals surface area contributed by atoms with Gasteiger partial charge >= 0.3 is 0 Å². The Morgan fingerprint density at radius 1 is 1.12 bits per heavy atom. The molecule has 2 aromatic carbocycles. The van der Waals surface area contributed by atoms with Gasteiger partial charge in [-0.15, -0.1) is 0 Å². The molecule has 1 aliphatic heterocycles. The normalized spacial score (nSPS) is 16.0. The Morgan fingerprint density at radius 2 is 1.94 bits per heavy atom. The minimum atomic E-state index is -0.0261. The highest BCUT2D eigenvalue weighted by molar-refractivity contribution is 6.32. The molecule has 1 fully saturated rings. The van der Waals surface area contributed by atoms with Gasteiger partial charge in [0.15, 0.2) is 6.61 Å². The van der Waals surface area contributed by atoms with E-state index in [-0.39, 0.29) is 18.6 Å². The topological polar surface area (TPSA) is 67.8 Å². The molecule has 0 spiro atoms. The molecule has 2 heterocycles. The zero-order valence-corrected chi connectivity index (χ0v) is 18.8. The summed E-state index contributed by atoms with van der Waals surface area (Å²) in [7, 11) is 0. The third kappa shape index (κ3) is 5.29. The largest absolute Gasteiger partial charge is 0.484 e. The van der Waals surface area contributed by atoms with Gasteiger partial charge in [-0.3, -0.25) is 4.79 Å². The van der Waals surface area contributed by atoms with E-state index in [1.807, 2.05) is 61.2 Å². The number of benzene rings is 2. The Balaban J connectivity index is 1.37. The van der Waals surface area contributed by atoms with Crippen molar-refractivity contribution in [3.8, 4) is 17.4 Å². The standard InChI is InChI=1S/C24H25ClN4O3/c1-17-8-9-20(25)21(12-17)32-23-13-22(26-16-27-23)28-10-11-29(18(2)14-28)24(30)15-31-19-6-4-3-5-7-19/h3-9,12-13,16,18H,10-11,14-15H2,1-2H3/t18-/m1/s1. The van der Waals surface area contributed by atoms with Crippen LogP contribution in [0.3, 0.4) is 0 Å². The van der Waals surface area contributed by atoms with E-state index in [0.717, 1.165) is 11.4 Å². The lowest BCUT2D eigenvalue weighted by Gasteiger charge is -2.40. The number of ether oxygens (including phenoxy) is 2. The molecule has 1 atom stereocenters. The maximum absolute atomic E-state index is 12.7. The van der Waals surface area contributed by atoms with Crippen LogP contribution in [0.4, 0.5) is 5.82 Å². The molecular formula is C24H25ClN4O3. The van der Waals surface area contributed by atoms with Crippen LogP contribution in [0.1, 0.15) is 12.5 Å². The Kier molecular flexibility index (Phi) is 6.75. The van der Waals surface area contributed by atoms with E-state index in [1.54, 1.807) is 12.1 Å². The highest BCUT2D eigenvalue weighted by atomic mass is 35.5. The van der Waals surface area contributed by atoms with Gasteiger partial charge in [0.2, 0.25) is 5.88 Å². The first kappa shape index (κ1) is 21.9. The summed E-state index contributed by atoms with van der Waals surface area (Å²) in [6.45, 7) is 5.92. The Morgan fingerprint density at radius 3 is 2.72 bits per heavy atom. The zero-order chi connectivity index (χ0) is 22.5. The number of rotatable bonds is 6. The molecule has 0 saturated carbocycles. The van der Waals surface area contributed by atoms with Crippen LogP contribution in [0.5, 0.6) is 17.4 Å². The van der Waals surface area contributed by atoms with Gasteiger partial charge in [-0.2, -0.15) is 0 Å². The lowest BCUT2D eigenvalue weighted by atomic mass is 10.2. The minimum absolute atomic E-state index is 0.0150. The fraction of sp³-hybridized carbons (Fsp3) is 0.292. The third-order valence-corrected chi connectivity index (χ3v) is 5.62. The van der Waals surface area contributed by atoms with Crippen molar-refractivity contribution in [3.05, 3.63) is 71.5 Å². The summed E-state index contributed by atoms with van der Waals surface area (Å²) in [4.78, 5) is 25.3. The van der Waals surface area contributed by atoms with E-state index < -0.39 is 0 Å². The molecule has 0 radical (unpaired) electrons. The average molecular weight is 453 g/mol. The molecule has 0 bridgehead atoms. The second-order valence-corrected chi connectivity index (χ2v) is 8.14. The molecule has 0 aliphatic carbocycles. The van der Waals surface area contributed by atoms with Gasteiger partial charge in [-0.1, -0.05) is 35.9 Å². The van der Waals surface area contributed by atoms with Crippen LogP contribution in [-0.4, -0.2) is 53.1 Å². The number of hydrogen-bond donors (Lipinski definition) is 0. The van der Waals surface area contributed by atoms with Gasteiger partial charge < -0.3 is 19.3 Å². The summed E-state index contributed by atoms with van der Waals surface area (Å²) in [6.07, 6.45) is 1.48. The van der Waals surface area contributed by atoms with E-state index in [0.29, 0.717) is 42.0 Å². The van der Waals surface area contributed by atoms with Gasteiger partial charge in [0.05, 0.1) is 5.02 Å². The molecule has 1 amide bonds. The Bertz CT molecular complexity index is 1080. The smallest absolute Gasteiger partial charge is 0.260 e. The van der Waals surface area contributed by atoms with Crippen molar-refractivity contribution >= 4 is 23.3 Å². The molecule has 32 heavy (non-hydrogen) atoms. The lowest BCUT2D eigenvalue weighted by Crippen LogP contribution is -2.55.